The van der Waals surface area contributed by atoms with E-state index in [2.05, 4.69) is 14.9 Å². The summed E-state index contributed by atoms with van der Waals surface area (Å²) < 4.78 is 25.7. The van der Waals surface area contributed by atoms with Gasteiger partial charge in [0.2, 0.25) is 5.13 Å². The van der Waals surface area contributed by atoms with E-state index in [1.807, 2.05) is 0 Å². The van der Waals surface area contributed by atoms with Gasteiger partial charge in [-0.2, -0.15) is 0 Å². The van der Waals surface area contributed by atoms with Gasteiger partial charge in [0, 0.05) is 5.38 Å². The van der Waals surface area contributed by atoms with E-state index < -0.39 is 16.0 Å². The Bertz CT molecular complexity index is 631. The summed E-state index contributed by atoms with van der Waals surface area (Å²) in [6.07, 6.45) is 0. The zero-order chi connectivity index (χ0) is 12.5. The molecular weight excluding hydrogens is 286 g/mol. The van der Waals surface area contributed by atoms with Crippen LogP contribution in [0, 0.1) is 0 Å². The quantitative estimate of drug-likeness (QED) is 0.873. The third kappa shape index (κ3) is 2.60. The molecule has 0 amide bonds. The average Bonchev–Trinajstić information content (AvgIpc) is 2.84. The van der Waals surface area contributed by atoms with Gasteiger partial charge in [-0.1, -0.05) is 11.3 Å². The summed E-state index contributed by atoms with van der Waals surface area (Å²) >= 11 is 1.87. The Labute approximate surface area is 104 Å². The van der Waals surface area contributed by atoms with Crippen molar-refractivity contribution in [3.63, 3.8) is 0 Å². The number of aromatic nitrogens is 2. The Morgan fingerprint density at radius 2 is 2.18 bits per heavy atom. The molecule has 0 saturated heterocycles. The number of sulfonamides is 1. The monoisotopic (exact) mass is 291 g/mol. The molecule has 0 atom stereocenters. The summed E-state index contributed by atoms with van der Waals surface area (Å²) in [4.78, 5) is 10.6. The van der Waals surface area contributed by atoms with Crippen molar-refractivity contribution in [3.05, 3.63) is 22.5 Å². The molecule has 0 saturated carbocycles. The Morgan fingerprint density at radius 3 is 2.71 bits per heavy atom. The Balaban J connectivity index is 2.28. The van der Waals surface area contributed by atoms with E-state index in [1.54, 1.807) is 0 Å². The summed E-state index contributed by atoms with van der Waals surface area (Å²) in [6, 6.07) is 1.09. The summed E-state index contributed by atoms with van der Waals surface area (Å²) in [7, 11) is -3.78. The van der Waals surface area contributed by atoms with Crippen molar-refractivity contribution in [1.82, 2.24) is 10.2 Å². The van der Waals surface area contributed by atoms with Gasteiger partial charge in [0.1, 0.15) is 9.72 Å². The highest BCUT2D eigenvalue weighted by Gasteiger charge is 2.19. The predicted molar refractivity (Wildman–Crippen MR) is 62.0 cm³/mol. The Hall–Kier alpha value is -1.52. The minimum atomic E-state index is -3.78. The molecule has 10 heteroatoms. The maximum atomic E-state index is 11.8. The fourth-order valence-electron chi connectivity index (χ4n) is 0.952. The van der Waals surface area contributed by atoms with Crippen molar-refractivity contribution in [1.29, 1.82) is 0 Å². The topological polar surface area (TPSA) is 109 Å². The lowest BCUT2D eigenvalue weighted by Crippen LogP contribution is -2.11. The second-order valence-electron chi connectivity index (χ2n) is 2.81. The lowest BCUT2D eigenvalue weighted by atomic mass is 10.4. The van der Waals surface area contributed by atoms with Gasteiger partial charge in [-0.15, -0.1) is 21.5 Å². The van der Waals surface area contributed by atoms with Gasteiger partial charge in [-0.3, -0.25) is 4.72 Å². The second-order valence-corrected chi connectivity index (χ2v) is 6.46. The van der Waals surface area contributed by atoms with Gasteiger partial charge in [0.05, 0.1) is 5.56 Å². The van der Waals surface area contributed by atoms with Gasteiger partial charge in [0.25, 0.3) is 10.0 Å². The lowest BCUT2D eigenvalue weighted by Gasteiger charge is -2.00. The van der Waals surface area contributed by atoms with Gasteiger partial charge in [0.15, 0.2) is 0 Å². The van der Waals surface area contributed by atoms with Crippen LogP contribution in [-0.2, 0) is 10.0 Å². The highest BCUT2D eigenvalue weighted by atomic mass is 32.2. The van der Waals surface area contributed by atoms with E-state index in [9.17, 15) is 13.2 Å². The maximum Gasteiger partial charge on any atom is 0.336 e. The molecule has 2 heterocycles. The smallest absolute Gasteiger partial charge is 0.336 e. The molecule has 2 N–H and O–H groups in total. The largest absolute Gasteiger partial charge is 0.478 e. The Morgan fingerprint density at radius 1 is 1.41 bits per heavy atom. The minimum Gasteiger partial charge on any atom is -0.478 e. The van der Waals surface area contributed by atoms with Crippen LogP contribution in [0.5, 0.6) is 0 Å². The molecule has 2 aromatic rings. The third-order valence-electron chi connectivity index (χ3n) is 1.67. The molecule has 90 valence electrons. The zero-order valence-electron chi connectivity index (χ0n) is 8.02. The van der Waals surface area contributed by atoms with Crippen LogP contribution in [0.2, 0.25) is 0 Å². The number of anilines is 1. The first-order valence-corrected chi connectivity index (χ1v) is 7.34. The number of hydrogen-bond acceptors (Lipinski definition) is 7. The normalized spacial score (nSPS) is 11.3. The van der Waals surface area contributed by atoms with E-state index in [0.29, 0.717) is 0 Å². The average molecular weight is 291 g/mol. The molecule has 2 aromatic heterocycles. The predicted octanol–water partition coefficient (Wildman–Crippen LogP) is 1.10. The first kappa shape index (κ1) is 12.0. The molecule has 0 radical (unpaired) electrons. The first-order chi connectivity index (χ1) is 7.99. The molecule has 0 bridgehead atoms. The zero-order valence-corrected chi connectivity index (χ0v) is 10.5. The van der Waals surface area contributed by atoms with Crippen LogP contribution in [0.25, 0.3) is 0 Å². The lowest BCUT2D eigenvalue weighted by molar-refractivity contribution is 0.0697. The number of rotatable bonds is 4. The molecule has 0 aliphatic carbocycles. The number of nitrogens with zero attached hydrogens (tertiary/aromatic N) is 2. The highest BCUT2D eigenvalue weighted by Crippen LogP contribution is 2.23. The van der Waals surface area contributed by atoms with E-state index >= 15 is 0 Å². The van der Waals surface area contributed by atoms with Crippen LogP contribution in [0.3, 0.4) is 0 Å². The molecule has 0 fully saturated rings. The molecule has 0 spiro atoms. The number of carboxylic acid groups (broad SMARTS) is 1. The van der Waals surface area contributed by atoms with E-state index in [1.165, 1.54) is 10.9 Å². The van der Waals surface area contributed by atoms with Crippen molar-refractivity contribution >= 4 is 43.8 Å². The van der Waals surface area contributed by atoms with Crippen LogP contribution in [0.4, 0.5) is 5.13 Å². The molecule has 7 nitrogen and oxygen atoms in total. The van der Waals surface area contributed by atoms with Crippen LogP contribution >= 0.6 is 22.7 Å². The van der Waals surface area contributed by atoms with Crippen molar-refractivity contribution in [2.45, 2.75) is 4.21 Å². The number of nitrogens with one attached hydrogen (secondary N) is 1. The summed E-state index contributed by atoms with van der Waals surface area (Å²) in [6.45, 7) is 0. The Kier molecular flexibility index (Phi) is 3.09. The van der Waals surface area contributed by atoms with Gasteiger partial charge >= 0.3 is 5.97 Å². The van der Waals surface area contributed by atoms with Gasteiger partial charge in [-0.05, 0) is 6.07 Å². The number of hydrogen-bond donors (Lipinski definition) is 2. The maximum absolute atomic E-state index is 11.8. The van der Waals surface area contributed by atoms with E-state index in [4.69, 9.17) is 5.11 Å². The van der Waals surface area contributed by atoms with Crippen molar-refractivity contribution in [2.24, 2.45) is 0 Å². The highest BCUT2D eigenvalue weighted by molar-refractivity contribution is 7.94. The summed E-state index contributed by atoms with van der Waals surface area (Å²) in [5.74, 6) is -1.17. The first-order valence-electron chi connectivity index (χ1n) is 4.10. The number of carbonyl (C=O) groups is 1. The minimum absolute atomic E-state index is 0.0624. The standard InChI is InChI=1S/C7H5N3O4S3/c11-6(12)4-1-5(15-2-4)17(13,14)10-7-9-8-3-16-7/h1-3H,(H,9,10)(H,11,12). The molecule has 17 heavy (non-hydrogen) atoms. The van der Waals surface area contributed by atoms with Crippen LogP contribution in [0.15, 0.2) is 21.2 Å². The molecule has 0 aromatic carbocycles. The van der Waals surface area contributed by atoms with E-state index in [-0.39, 0.29) is 14.9 Å². The molecular formula is C7H5N3O4S3. The van der Waals surface area contributed by atoms with Crippen LogP contribution < -0.4 is 4.72 Å². The number of thiophene rings is 1. The number of aromatic carboxylic acids is 1. The SMILES string of the molecule is O=C(O)c1csc(S(=O)(=O)Nc2nncs2)c1. The molecule has 0 aliphatic heterocycles. The van der Waals surface area contributed by atoms with Crippen molar-refractivity contribution in [3.8, 4) is 0 Å². The fourth-order valence-corrected chi connectivity index (χ4v) is 3.80. The number of carboxylic acids is 1. The summed E-state index contributed by atoms with van der Waals surface area (Å²) in [5, 5.41) is 17.1. The van der Waals surface area contributed by atoms with E-state index in [0.717, 1.165) is 28.7 Å². The summed E-state index contributed by atoms with van der Waals surface area (Å²) in [5.41, 5.74) is 1.32. The van der Waals surface area contributed by atoms with Crippen LogP contribution in [0.1, 0.15) is 10.4 Å². The third-order valence-corrected chi connectivity index (χ3v) is 5.18. The van der Waals surface area contributed by atoms with Gasteiger partial charge in [-0.25, -0.2) is 13.2 Å². The molecule has 2 rings (SSSR count). The van der Waals surface area contributed by atoms with Crippen LogP contribution in [-0.4, -0.2) is 29.7 Å². The van der Waals surface area contributed by atoms with Gasteiger partial charge < -0.3 is 5.11 Å². The second kappa shape index (κ2) is 4.39. The molecule has 0 unspecified atom stereocenters. The fraction of sp³-hybridized carbons (Fsp3) is 0. The molecule has 0 aliphatic rings. The van der Waals surface area contributed by atoms with Crippen molar-refractivity contribution < 1.29 is 18.3 Å². The van der Waals surface area contributed by atoms with Crippen molar-refractivity contribution in [2.75, 3.05) is 4.72 Å².